The molecule has 2 nitrogen and oxygen atoms in total. The Morgan fingerprint density at radius 3 is 2.88 bits per heavy atom. The van der Waals surface area contributed by atoms with Crippen molar-refractivity contribution < 1.29 is 4.39 Å². The summed E-state index contributed by atoms with van der Waals surface area (Å²) in [5, 5.41) is 0.889. The number of pyridine rings is 1. The van der Waals surface area contributed by atoms with Crippen LogP contribution in [0.3, 0.4) is 0 Å². The number of aryl methyl sites for hydroxylation is 1. The van der Waals surface area contributed by atoms with Crippen LogP contribution in [0.1, 0.15) is 31.5 Å². The Morgan fingerprint density at radius 1 is 1.17 bits per heavy atom. The van der Waals surface area contributed by atoms with Crippen LogP contribution in [0.15, 0.2) is 42.6 Å². The number of benzene rings is 1. The highest BCUT2D eigenvalue weighted by Gasteiger charge is 2.26. The summed E-state index contributed by atoms with van der Waals surface area (Å²) in [6.07, 6.45) is 5.13. The molecule has 0 aliphatic heterocycles. The van der Waals surface area contributed by atoms with E-state index in [2.05, 4.69) is 31.0 Å². The fraction of sp³-hybridized carbons (Fsp3) is 0.300. The molecule has 0 amide bonds. The van der Waals surface area contributed by atoms with E-state index in [1.807, 2.05) is 6.07 Å². The average molecular weight is 338 g/mol. The van der Waals surface area contributed by atoms with E-state index in [1.54, 1.807) is 29.7 Å². The molecule has 1 aliphatic carbocycles. The number of hydrogen-bond acceptors (Lipinski definition) is 3. The van der Waals surface area contributed by atoms with Gasteiger partial charge in [-0.1, -0.05) is 32.0 Å². The van der Waals surface area contributed by atoms with Crippen LogP contribution in [-0.4, -0.2) is 9.97 Å². The van der Waals surface area contributed by atoms with Gasteiger partial charge in [0.1, 0.15) is 10.8 Å². The number of halogens is 1. The lowest BCUT2D eigenvalue weighted by Crippen LogP contribution is -2.23. The van der Waals surface area contributed by atoms with Crippen molar-refractivity contribution in [3.63, 3.8) is 0 Å². The number of nitrogens with zero attached hydrogens (tertiary/aromatic N) is 2. The highest BCUT2D eigenvalue weighted by atomic mass is 32.1. The summed E-state index contributed by atoms with van der Waals surface area (Å²) in [6, 6.07) is 10.9. The Morgan fingerprint density at radius 2 is 2.04 bits per heavy atom. The van der Waals surface area contributed by atoms with Gasteiger partial charge in [-0.25, -0.2) is 9.37 Å². The van der Waals surface area contributed by atoms with Crippen molar-refractivity contribution in [1.29, 1.82) is 0 Å². The molecule has 2 heterocycles. The molecule has 0 atom stereocenters. The summed E-state index contributed by atoms with van der Waals surface area (Å²) in [6.45, 7) is 4.60. The molecule has 0 saturated heterocycles. The van der Waals surface area contributed by atoms with Gasteiger partial charge in [-0.3, -0.25) is 4.98 Å². The zero-order chi connectivity index (χ0) is 16.7. The van der Waals surface area contributed by atoms with Gasteiger partial charge in [-0.2, -0.15) is 0 Å². The van der Waals surface area contributed by atoms with Gasteiger partial charge >= 0.3 is 0 Å². The third-order valence-electron chi connectivity index (χ3n) is 4.62. The molecule has 0 radical (unpaired) electrons. The normalized spacial score (nSPS) is 16.0. The molecule has 2 aromatic heterocycles. The lowest BCUT2D eigenvalue weighted by Gasteiger charge is -2.30. The number of hydrogen-bond donors (Lipinski definition) is 0. The van der Waals surface area contributed by atoms with Gasteiger partial charge < -0.3 is 0 Å². The zero-order valence-electron chi connectivity index (χ0n) is 13.8. The minimum atomic E-state index is -0.225. The quantitative estimate of drug-likeness (QED) is 0.614. The molecule has 3 aromatic rings. The maximum atomic E-state index is 13.4. The second kappa shape index (κ2) is 5.78. The molecule has 0 fully saturated rings. The fourth-order valence-corrected chi connectivity index (χ4v) is 4.09. The molecule has 0 saturated carbocycles. The molecule has 4 rings (SSSR count). The Balaban J connectivity index is 1.68. The van der Waals surface area contributed by atoms with Crippen LogP contribution < -0.4 is 0 Å². The molecule has 24 heavy (non-hydrogen) atoms. The first-order valence-electron chi connectivity index (χ1n) is 8.21. The Labute approximate surface area is 145 Å². The van der Waals surface area contributed by atoms with E-state index in [1.165, 1.54) is 23.7 Å². The summed E-state index contributed by atoms with van der Waals surface area (Å²) in [5.74, 6) is -0.225. The van der Waals surface area contributed by atoms with Gasteiger partial charge in [-0.05, 0) is 54.0 Å². The zero-order valence-corrected chi connectivity index (χ0v) is 14.7. The summed E-state index contributed by atoms with van der Waals surface area (Å²) in [7, 11) is 0. The summed E-state index contributed by atoms with van der Waals surface area (Å²) >= 11 is 1.56. The number of rotatable bonds is 2. The molecule has 1 aliphatic rings. The number of aromatic nitrogens is 2. The summed E-state index contributed by atoms with van der Waals surface area (Å²) in [5.41, 5.74) is 4.65. The molecular weight excluding hydrogens is 319 g/mol. The molecule has 0 spiro atoms. The minimum absolute atomic E-state index is 0.225. The standard InChI is InChI=1S/C20H19FN2S/c1-20(2)9-8-13-6-7-16(23-17(13)11-20)19-22-12-18(24-19)14-4-3-5-15(21)10-14/h3-7,10,12H,8-9,11H2,1-2H3. The van der Waals surface area contributed by atoms with Gasteiger partial charge in [0.25, 0.3) is 0 Å². The Bertz CT molecular complexity index is 898. The van der Waals surface area contributed by atoms with Crippen molar-refractivity contribution in [2.24, 2.45) is 5.41 Å². The predicted molar refractivity (Wildman–Crippen MR) is 96.5 cm³/mol. The van der Waals surface area contributed by atoms with Crippen molar-refractivity contribution in [3.05, 3.63) is 59.7 Å². The van der Waals surface area contributed by atoms with Crippen molar-refractivity contribution in [2.75, 3.05) is 0 Å². The lowest BCUT2D eigenvalue weighted by molar-refractivity contribution is 0.311. The minimum Gasteiger partial charge on any atom is -0.250 e. The van der Waals surface area contributed by atoms with Crippen LogP contribution in [0, 0.1) is 11.2 Å². The molecule has 0 bridgehead atoms. The van der Waals surface area contributed by atoms with Gasteiger partial charge in [0, 0.05) is 11.9 Å². The van der Waals surface area contributed by atoms with Crippen LogP contribution >= 0.6 is 11.3 Å². The Hall–Kier alpha value is -2.07. The van der Waals surface area contributed by atoms with E-state index in [4.69, 9.17) is 4.98 Å². The first kappa shape index (κ1) is 15.5. The highest BCUT2D eigenvalue weighted by Crippen LogP contribution is 2.36. The third-order valence-corrected chi connectivity index (χ3v) is 5.69. The molecule has 1 aromatic carbocycles. The molecule has 0 N–H and O–H groups in total. The van der Waals surface area contributed by atoms with Gasteiger partial charge in [0.15, 0.2) is 0 Å². The first-order valence-corrected chi connectivity index (χ1v) is 9.03. The van der Waals surface area contributed by atoms with Crippen molar-refractivity contribution in [2.45, 2.75) is 33.1 Å². The van der Waals surface area contributed by atoms with Crippen LogP contribution in [-0.2, 0) is 12.8 Å². The third kappa shape index (κ3) is 2.98. The second-order valence-corrected chi connectivity index (χ2v) is 8.21. The van der Waals surface area contributed by atoms with E-state index < -0.39 is 0 Å². The van der Waals surface area contributed by atoms with Crippen LogP contribution in [0.5, 0.6) is 0 Å². The van der Waals surface area contributed by atoms with Crippen molar-refractivity contribution in [3.8, 4) is 21.1 Å². The van der Waals surface area contributed by atoms with E-state index in [0.29, 0.717) is 5.41 Å². The van der Waals surface area contributed by atoms with Crippen molar-refractivity contribution in [1.82, 2.24) is 9.97 Å². The number of fused-ring (bicyclic) bond motifs is 1. The van der Waals surface area contributed by atoms with E-state index >= 15 is 0 Å². The van der Waals surface area contributed by atoms with Crippen LogP contribution in [0.25, 0.3) is 21.1 Å². The monoisotopic (exact) mass is 338 g/mol. The largest absolute Gasteiger partial charge is 0.250 e. The smallest absolute Gasteiger partial charge is 0.142 e. The highest BCUT2D eigenvalue weighted by molar-refractivity contribution is 7.18. The maximum Gasteiger partial charge on any atom is 0.142 e. The topological polar surface area (TPSA) is 25.8 Å². The van der Waals surface area contributed by atoms with Crippen LogP contribution in [0.4, 0.5) is 4.39 Å². The maximum absolute atomic E-state index is 13.4. The number of thiazole rings is 1. The van der Waals surface area contributed by atoms with E-state index in [-0.39, 0.29) is 5.82 Å². The average Bonchev–Trinajstić information content (AvgIpc) is 3.03. The predicted octanol–water partition coefficient (Wildman–Crippen LogP) is 5.53. The van der Waals surface area contributed by atoms with E-state index in [9.17, 15) is 4.39 Å². The van der Waals surface area contributed by atoms with Gasteiger partial charge in [0.2, 0.25) is 0 Å². The Kier molecular flexibility index (Phi) is 3.72. The van der Waals surface area contributed by atoms with Crippen molar-refractivity contribution >= 4 is 11.3 Å². The molecule has 4 heteroatoms. The van der Waals surface area contributed by atoms with Gasteiger partial charge in [-0.15, -0.1) is 11.3 Å². The second-order valence-electron chi connectivity index (χ2n) is 7.18. The molecule has 0 unspecified atom stereocenters. The van der Waals surface area contributed by atoms with Crippen LogP contribution in [0.2, 0.25) is 0 Å². The van der Waals surface area contributed by atoms with Gasteiger partial charge in [0.05, 0.1) is 10.6 Å². The molecule has 122 valence electrons. The summed E-state index contributed by atoms with van der Waals surface area (Å²) < 4.78 is 13.4. The lowest BCUT2D eigenvalue weighted by atomic mass is 9.76. The molecular formula is C20H19FN2S. The summed E-state index contributed by atoms with van der Waals surface area (Å²) in [4.78, 5) is 10.4. The first-order chi connectivity index (χ1) is 11.5. The van der Waals surface area contributed by atoms with E-state index in [0.717, 1.165) is 34.0 Å². The SMILES string of the molecule is CC1(C)CCc2ccc(-c3ncc(-c4cccc(F)c4)s3)nc2C1. The fourth-order valence-electron chi connectivity index (χ4n) is 3.21.